The number of aromatic nitrogens is 1. The molecule has 0 aromatic carbocycles. The van der Waals surface area contributed by atoms with Crippen molar-refractivity contribution in [2.75, 3.05) is 44.2 Å². The van der Waals surface area contributed by atoms with Crippen LogP contribution in [0.15, 0.2) is 41.3 Å². The molecule has 7 nitrogen and oxygen atoms in total. The van der Waals surface area contributed by atoms with E-state index >= 15 is 0 Å². The molecule has 0 spiro atoms. The highest BCUT2D eigenvalue weighted by molar-refractivity contribution is 5.95. The number of carbonyl (C=O) groups is 2. The van der Waals surface area contributed by atoms with Gasteiger partial charge >= 0.3 is 0 Å². The van der Waals surface area contributed by atoms with E-state index in [4.69, 9.17) is 4.42 Å². The van der Waals surface area contributed by atoms with Gasteiger partial charge < -0.3 is 19.1 Å². The number of anilines is 1. The maximum absolute atomic E-state index is 12.6. The minimum atomic E-state index is -0.0780. The van der Waals surface area contributed by atoms with Gasteiger partial charge in [-0.3, -0.25) is 14.6 Å². The number of carbonyl (C=O) groups excluding carboxylic acids is 2. The van der Waals surface area contributed by atoms with Crippen molar-refractivity contribution in [1.29, 1.82) is 0 Å². The van der Waals surface area contributed by atoms with Crippen LogP contribution in [-0.2, 0) is 0 Å². The minimum Gasteiger partial charge on any atom is -0.459 e. The van der Waals surface area contributed by atoms with Crippen LogP contribution >= 0.6 is 0 Å². The van der Waals surface area contributed by atoms with E-state index in [-0.39, 0.29) is 11.8 Å². The smallest absolute Gasteiger partial charge is 0.289 e. The van der Waals surface area contributed by atoms with E-state index in [1.807, 2.05) is 11.0 Å². The van der Waals surface area contributed by atoms with Crippen molar-refractivity contribution in [3.05, 3.63) is 48.2 Å². The van der Waals surface area contributed by atoms with Crippen LogP contribution in [0.5, 0.6) is 0 Å². The van der Waals surface area contributed by atoms with Gasteiger partial charge in [-0.25, -0.2) is 0 Å². The first-order chi connectivity index (χ1) is 12.7. The minimum absolute atomic E-state index is 0.0588. The summed E-state index contributed by atoms with van der Waals surface area (Å²) in [5.41, 5.74) is 1.57. The number of pyridine rings is 1. The molecule has 2 aliphatic heterocycles. The Hall–Kier alpha value is -2.83. The fraction of sp³-hybridized carbons (Fsp3) is 0.421. The number of nitrogens with zero attached hydrogens (tertiary/aromatic N) is 4. The fourth-order valence-corrected chi connectivity index (χ4v) is 3.54. The molecule has 0 radical (unpaired) electrons. The van der Waals surface area contributed by atoms with Gasteiger partial charge in [0.1, 0.15) is 0 Å². The second kappa shape index (κ2) is 7.19. The zero-order valence-electron chi connectivity index (χ0n) is 14.6. The van der Waals surface area contributed by atoms with Gasteiger partial charge in [-0.1, -0.05) is 0 Å². The maximum Gasteiger partial charge on any atom is 0.289 e. The Morgan fingerprint density at radius 2 is 1.65 bits per heavy atom. The van der Waals surface area contributed by atoms with E-state index in [0.29, 0.717) is 37.5 Å². The highest BCUT2D eigenvalue weighted by Crippen LogP contribution is 2.20. The standard InChI is InChI=1S/C19H22N4O3/c24-18(22-5-1-2-6-22)15-12-16(14-20-13-15)21-7-9-23(10-8-21)19(25)17-4-3-11-26-17/h3-4,11-14H,1-2,5-10H2. The largest absolute Gasteiger partial charge is 0.459 e. The summed E-state index contributed by atoms with van der Waals surface area (Å²) in [6.07, 6.45) is 7.08. The van der Waals surface area contributed by atoms with Crippen LogP contribution in [0.4, 0.5) is 5.69 Å². The first-order valence-corrected chi connectivity index (χ1v) is 9.04. The number of rotatable bonds is 3. The molecule has 0 aliphatic carbocycles. The van der Waals surface area contributed by atoms with Gasteiger partial charge in [0.05, 0.1) is 23.7 Å². The lowest BCUT2D eigenvalue weighted by Gasteiger charge is -2.35. The van der Waals surface area contributed by atoms with Gasteiger partial charge in [-0.2, -0.15) is 0 Å². The molecule has 0 saturated carbocycles. The topological polar surface area (TPSA) is 69.9 Å². The third kappa shape index (κ3) is 3.29. The van der Waals surface area contributed by atoms with Gasteiger partial charge in [0, 0.05) is 45.5 Å². The SMILES string of the molecule is O=C(c1cncc(N2CCN(C(=O)c3ccco3)CC2)c1)N1CCCC1. The molecule has 0 unspecified atom stereocenters. The maximum atomic E-state index is 12.6. The summed E-state index contributed by atoms with van der Waals surface area (Å²) in [5.74, 6) is 0.354. The van der Waals surface area contributed by atoms with E-state index in [0.717, 1.165) is 31.6 Å². The number of piperazine rings is 1. The predicted octanol–water partition coefficient (Wildman–Crippen LogP) is 1.87. The molecule has 0 atom stereocenters. The quantitative estimate of drug-likeness (QED) is 0.842. The molecular weight excluding hydrogens is 332 g/mol. The molecule has 2 aromatic heterocycles. The van der Waals surface area contributed by atoms with Crippen molar-refractivity contribution >= 4 is 17.5 Å². The van der Waals surface area contributed by atoms with Crippen LogP contribution in [0.1, 0.15) is 33.8 Å². The molecule has 2 aromatic rings. The fourth-order valence-electron chi connectivity index (χ4n) is 3.54. The van der Waals surface area contributed by atoms with Crippen LogP contribution in [0.25, 0.3) is 0 Å². The molecule has 4 rings (SSSR count). The summed E-state index contributed by atoms with van der Waals surface area (Å²) >= 11 is 0. The summed E-state index contributed by atoms with van der Waals surface area (Å²) in [5, 5.41) is 0. The van der Waals surface area contributed by atoms with Crippen LogP contribution in [-0.4, -0.2) is 65.9 Å². The molecule has 2 amide bonds. The van der Waals surface area contributed by atoms with Gasteiger partial charge in [-0.05, 0) is 31.0 Å². The first kappa shape index (κ1) is 16.6. The normalized spacial score (nSPS) is 17.6. The Morgan fingerprint density at radius 3 is 2.35 bits per heavy atom. The summed E-state index contributed by atoms with van der Waals surface area (Å²) in [4.78, 5) is 35.0. The second-order valence-electron chi connectivity index (χ2n) is 6.69. The van der Waals surface area contributed by atoms with Gasteiger partial charge in [0.25, 0.3) is 11.8 Å². The van der Waals surface area contributed by atoms with Crippen LogP contribution in [0, 0.1) is 0 Å². The lowest BCUT2D eigenvalue weighted by molar-refractivity contribution is 0.0714. The molecule has 0 bridgehead atoms. The number of likely N-dealkylation sites (tertiary alicyclic amines) is 1. The second-order valence-corrected chi connectivity index (χ2v) is 6.69. The van der Waals surface area contributed by atoms with Crippen molar-refractivity contribution in [2.24, 2.45) is 0 Å². The third-order valence-electron chi connectivity index (χ3n) is 5.03. The van der Waals surface area contributed by atoms with Crippen LogP contribution < -0.4 is 4.90 Å². The molecule has 2 saturated heterocycles. The van der Waals surface area contributed by atoms with E-state index in [2.05, 4.69) is 9.88 Å². The van der Waals surface area contributed by atoms with Gasteiger partial charge in [0.15, 0.2) is 5.76 Å². The Labute approximate surface area is 152 Å². The highest BCUT2D eigenvalue weighted by atomic mass is 16.3. The van der Waals surface area contributed by atoms with Crippen molar-refractivity contribution in [3.8, 4) is 0 Å². The summed E-state index contributed by atoms with van der Waals surface area (Å²) in [6.45, 7) is 4.30. The summed E-state index contributed by atoms with van der Waals surface area (Å²) in [6, 6.07) is 5.32. The van der Waals surface area contributed by atoms with E-state index in [1.54, 1.807) is 29.4 Å². The Balaban J connectivity index is 1.40. The van der Waals surface area contributed by atoms with E-state index in [9.17, 15) is 9.59 Å². The molecule has 0 N–H and O–H groups in total. The average molecular weight is 354 g/mol. The molecule has 26 heavy (non-hydrogen) atoms. The van der Waals surface area contributed by atoms with Crippen molar-refractivity contribution in [1.82, 2.24) is 14.8 Å². The zero-order chi connectivity index (χ0) is 17.9. The lowest BCUT2D eigenvalue weighted by Crippen LogP contribution is -2.48. The van der Waals surface area contributed by atoms with Crippen LogP contribution in [0.2, 0.25) is 0 Å². The highest BCUT2D eigenvalue weighted by Gasteiger charge is 2.25. The summed E-state index contributed by atoms with van der Waals surface area (Å²) in [7, 11) is 0. The monoisotopic (exact) mass is 354 g/mol. The van der Waals surface area contributed by atoms with E-state index < -0.39 is 0 Å². The third-order valence-corrected chi connectivity index (χ3v) is 5.03. The lowest BCUT2D eigenvalue weighted by atomic mass is 10.2. The number of amides is 2. The molecule has 7 heteroatoms. The molecule has 2 fully saturated rings. The van der Waals surface area contributed by atoms with Crippen molar-refractivity contribution < 1.29 is 14.0 Å². The molecular formula is C19H22N4O3. The van der Waals surface area contributed by atoms with Crippen LogP contribution in [0.3, 0.4) is 0 Å². The average Bonchev–Trinajstić information content (AvgIpc) is 3.41. The van der Waals surface area contributed by atoms with Crippen molar-refractivity contribution in [2.45, 2.75) is 12.8 Å². The van der Waals surface area contributed by atoms with E-state index in [1.165, 1.54) is 6.26 Å². The molecule has 4 heterocycles. The summed E-state index contributed by atoms with van der Waals surface area (Å²) < 4.78 is 5.19. The number of furan rings is 1. The van der Waals surface area contributed by atoms with Gasteiger partial charge in [0.2, 0.25) is 0 Å². The number of hydrogen-bond acceptors (Lipinski definition) is 5. The predicted molar refractivity (Wildman–Crippen MR) is 96.2 cm³/mol. The number of hydrogen-bond donors (Lipinski definition) is 0. The Morgan fingerprint density at radius 1 is 0.923 bits per heavy atom. The van der Waals surface area contributed by atoms with Gasteiger partial charge in [-0.15, -0.1) is 0 Å². The molecule has 2 aliphatic rings. The molecule has 136 valence electrons. The van der Waals surface area contributed by atoms with Crippen molar-refractivity contribution in [3.63, 3.8) is 0 Å². The Bertz CT molecular complexity index is 776. The first-order valence-electron chi connectivity index (χ1n) is 9.04. The zero-order valence-corrected chi connectivity index (χ0v) is 14.6. The Kier molecular flexibility index (Phi) is 4.60.